The Hall–Kier alpha value is -2.58. The van der Waals surface area contributed by atoms with Crippen molar-refractivity contribution in [3.05, 3.63) is 41.2 Å². The van der Waals surface area contributed by atoms with Crippen molar-refractivity contribution in [3.63, 3.8) is 0 Å². The number of carbonyl (C=O) groups excluding carboxylic acids is 1. The molecule has 2 aliphatic rings. The molecule has 2 saturated heterocycles. The number of aromatic nitrogens is 2. The molecule has 32 heavy (non-hydrogen) atoms. The van der Waals surface area contributed by atoms with Gasteiger partial charge in [0.05, 0.1) is 24.0 Å². The van der Waals surface area contributed by atoms with Gasteiger partial charge >= 0.3 is 0 Å². The third kappa shape index (κ3) is 4.91. The van der Waals surface area contributed by atoms with Crippen molar-refractivity contribution in [3.8, 4) is 11.5 Å². The number of aromatic hydroxyl groups is 1. The summed E-state index contributed by atoms with van der Waals surface area (Å²) < 4.78 is 13.6. The average Bonchev–Trinajstić information content (AvgIpc) is 3.33. The van der Waals surface area contributed by atoms with Crippen molar-refractivity contribution >= 4 is 5.91 Å². The van der Waals surface area contributed by atoms with Crippen LogP contribution in [0.3, 0.4) is 0 Å². The summed E-state index contributed by atoms with van der Waals surface area (Å²) in [6.45, 7) is 7.39. The SMILES string of the molecule is CCOc1cccc(CN2CCC3(CC[C@H](CNC(=O)c4cc(C)nn4C)O3)CC2)c1O. The number of ether oxygens (including phenoxy) is 2. The second-order valence-electron chi connectivity index (χ2n) is 8.94. The van der Waals surface area contributed by atoms with E-state index in [-0.39, 0.29) is 23.4 Å². The molecule has 0 bridgehead atoms. The summed E-state index contributed by atoms with van der Waals surface area (Å²) in [4.78, 5) is 14.8. The molecule has 0 aliphatic carbocycles. The van der Waals surface area contributed by atoms with Crippen molar-refractivity contribution in [2.45, 2.75) is 57.8 Å². The number of nitrogens with zero attached hydrogens (tertiary/aromatic N) is 3. The lowest BCUT2D eigenvalue weighted by Gasteiger charge is -2.39. The van der Waals surface area contributed by atoms with Crippen LogP contribution >= 0.6 is 0 Å². The van der Waals surface area contributed by atoms with Crippen LogP contribution in [-0.2, 0) is 18.3 Å². The van der Waals surface area contributed by atoms with Gasteiger partial charge in [0.15, 0.2) is 11.5 Å². The van der Waals surface area contributed by atoms with Crippen LogP contribution in [0, 0.1) is 6.92 Å². The number of amides is 1. The number of hydrogen-bond donors (Lipinski definition) is 2. The molecular formula is C24H34N4O4. The Bertz CT molecular complexity index is 949. The van der Waals surface area contributed by atoms with Gasteiger partial charge in [-0.2, -0.15) is 5.10 Å². The van der Waals surface area contributed by atoms with Crippen LogP contribution in [0.2, 0.25) is 0 Å². The molecule has 2 fully saturated rings. The molecule has 2 aromatic rings. The van der Waals surface area contributed by atoms with E-state index in [1.54, 1.807) is 23.9 Å². The molecule has 8 heteroatoms. The Balaban J connectivity index is 1.26. The molecule has 2 N–H and O–H groups in total. The van der Waals surface area contributed by atoms with Crippen LogP contribution in [0.4, 0.5) is 0 Å². The van der Waals surface area contributed by atoms with Gasteiger partial charge in [-0.15, -0.1) is 0 Å². The standard InChI is InChI=1S/C24H34N4O4/c1-4-31-21-7-5-6-18(22(21)29)16-28-12-10-24(11-13-28)9-8-19(32-24)15-25-23(30)20-14-17(2)26-27(20)3/h5-7,14,19,29H,4,8-13,15-16H2,1-3H3,(H,25,30)/t19-/m1/s1. The fourth-order valence-electron chi connectivity index (χ4n) is 4.85. The predicted molar refractivity (Wildman–Crippen MR) is 121 cm³/mol. The number of piperidine rings is 1. The average molecular weight is 443 g/mol. The molecule has 1 aromatic carbocycles. The van der Waals surface area contributed by atoms with Crippen LogP contribution in [0.1, 0.15) is 54.4 Å². The zero-order chi connectivity index (χ0) is 22.7. The van der Waals surface area contributed by atoms with Crippen molar-refractivity contribution in [2.75, 3.05) is 26.2 Å². The first-order chi connectivity index (χ1) is 15.4. The number of rotatable bonds is 7. The molecule has 1 atom stereocenters. The summed E-state index contributed by atoms with van der Waals surface area (Å²) in [7, 11) is 1.78. The van der Waals surface area contributed by atoms with Gasteiger partial charge in [0.25, 0.3) is 5.91 Å². The van der Waals surface area contributed by atoms with Gasteiger partial charge in [0, 0.05) is 38.8 Å². The minimum absolute atomic E-state index is 0.0479. The Labute approximate surface area is 189 Å². The maximum Gasteiger partial charge on any atom is 0.269 e. The number of likely N-dealkylation sites (tertiary alicyclic amines) is 1. The van der Waals surface area contributed by atoms with Gasteiger partial charge in [-0.3, -0.25) is 14.4 Å². The highest BCUT2D eigenvalue weighted by molar-refractivity contribution is 5.92. The van der Waals surface area contributed by atoms with E-state index in [1.165, 1.54) is 0 Å². The smallest absolute Gasteiger partial charge is 0.269 e. The lowest BCUT2D eigenvalue weighted by molar-refractivity contribution is -0.0765. The van der Waals surface area contributed by atoms with Crippen molar-refractivity contribution in [1.82, 2.24) is 20.0 Å². The van der Waals surface area contributed by atoms with Crippen LogP contribution in [0.5, 0.6) is 11.5 Å². The Kier molecular flexibility index (Phi) is 6.71. The first-order valence-corrected chi connectivity index (χ1v) is 11.5. The highest BCUT2D eigenvalue weighted by atomic mass is 16.5. The zero-order valence-corrected chi connectivity index (χ0v) is 19.3. The minimum Gasteiger partial charge on any atom is -0.504 e. The van der Waals surface area contributed by atoms with Crippen LogP contribution < -0.4 is 10.1 Å². The molecule has 8 nitrogen and oxygen atoms in total. The highest BCUT2D eigenvalue weighted by Gasteiger charge is 2.42. The van der Waals surface area contributed by atoms with E-state index in [0.717, 1.165) is 50.0 Å². The predicted octanol–water partition coefficient (Wildman–Crippen LogP) is 2.78. The van der Waals surface area contributed by atoms with E-state index in [4.69, 9.17) is 9.47 Å². The topological polar surface area (TPSA) is 88.9 Å². The van der Waals surface area contributed by atoms with E-state index in [0.29, 0.717) is 31.1 Å². The van der Waals surface area contributed by atoms with E-state index in [2.05, 4.69) is 15.3 Å². The fourth-order valence-corrected chi connectivity index (χ4v) is 4.85. The van der Waals surface area contributed by atoms with E-state index >= 15 is 0 Å². The molecule has 174 valence electrons. The minimum atomic E-state index is -0.110. The van der Waals surface area contributed by atoms with Gasteiger partial charge in [0.2, 0.25) is 0 Å². The molecule has 1 aromatic heterocycles. The summed E-state index contributed by atoms with van der Waals surface area (Å²) >= 11 is 0. The van der Waals surface area contributed by atoms with E-state index in [9.17, 15) is 9.90 Å². The quantitative estimate of drug-likeness (QED) is 0.686. The summed E-state index contributed by atoms with van der Waals surface area (Å²) in [5.41, 5.74) is 2.20. The number of benzene rings is 1. The molecule has 3 heterocycles. The fraction of sp³-hybridized carbons (Fsp3) is 0.583. The molecule has 0 radical (unpaired) electrons. The lowest BCUT2D eigenvalue weighted by Crippen LogP contribution is -2.45. The van der Waals surface area contributed by atoms with E-state index in [1.807, 2.05) is 26.0 Å². The number of phenolic OH excluding ortho intramolecular Hbond substituents is 1. The number of carbonyl (C=O) groups is 1. The van der Waals surface area contributed by atoms with Crippen molar-refractivity contribution in [2.24, 2.45) is 7.05 Å². The monoisotopic (exact) mass is 442 g/mol. The summed E-state index contributed by atoms with van der Waals surface area (Å²) in [6.07, 6.45) is 3.96. The molecule has 0 unspecified atom stereocenters. The second kappa shape index (κ2) is 9.50. The van der Waals surface area contributed by atoms with E-state index < -0.39 is 0 Å². The third-order valence-electron chi connectivity index (χ3n) is 6.61. The summed E-state index contributed by atoms with van der Waals surface area (Å²) in [5, 5.41) is 17.7. The normalized spacial score (nSPS) is 20.5. The zero-order valence-electron chi connectivity index (χ0n) is 19.3. The largest absolute Gasteiger partial charge is 0.504 e. The Morgan fingerprint density at radius 2 is 2.12 bits per heavy atom. The van der Waals surface area contributed by atoms with Crippen molar-refractivity contribution < 1.29 is 19.4 Å². The first-order valence-electron chi connectivity index (χ1n) is 11.5. The lowest BCUT2D eigenvalue weighted by atomic mass is 9.88. The Morgan fingerprint density at radius 3 is 2.81 bits per heavy atom. The number of para-hydroxylation sites is 1. The van der Waals surface area contributed by atoms with Crippen molar-refractivity contribution in [1.29, 1.82) is 0 Å². The maximum atomic E-state index is 12.4. The number of hydrogen-bond acceptors (Lipinski definition) is 6. The third-order valence-corrected chi connectivity index (χ3v) is 6.61. The maximum absolute atomic E-state index is 12.4. The molecule has 2 aliphatic heterocycles. The molecule has 1 spiro atoms. The van der Waals surface area contributed by atoms with Gasteiger partial charge in [-0.05, 0) is 51.7 Å². The molecule has 4 rings (SSSR count). The summed E-state index contributed by atoms with van der Waals surface area (Å²) in [6, 6.07) is 7.48. The first kappa shape index (κ1) is 22.6. The van der Waals surface area contributed by atoms with Crippen LogP contribution in [0.25, 0.3) is 0 Å². The number of nitrogens with one attached hydrogen (secondary N) is 1. The molecular weight excluding hydrogens is 408 g/mol. The van der Waals surface area contributed by atoms with Gasteiger partial charge in [-0.1, -0.05) is 12.1 Å². The molecule has 1 amide bonds. The highest BCUT2D eigenvalue weighted by Crippen LogP contribution is 2.39. The number of aryl methyl sites for hydroxylation is 2. The van der Waals surface area contributed by atoms with Gasteiger partial charge < -0.3 is 19.9 Å². The number of phenols is 1. The van der Waals surface area contributed by atoms with Gasteiger partial charge in [-0.25, -0.2) is 0 Å². The van der Waals surface area contributed by atoms with Crippen LogP contribution in [0.15, 0.2) is 24.3 Å². The second-order valence-corrected chi connectivity index (χ2v) is 8.94. The molecule has 0 saturated carbocycles. The van der Waals surface area contributed by atoms with Gasteiger partial charge in [0.1, 0.15) is 5.69 Å². The summed E-state index contributed by atoms with van der Waals surface area (Å²) in [5.74, 6) is 0.677. The van der Waals surface area contributed by atoms with Crippen LogP contribution in [-0.4, -0.2) is 63.6 Å². The Morgan fingerprint density at radius 1 is 1.34 bits per heavy atom.